The van der Waals surface area contributed by atoms with Gasteiger partial charge in [-0.3, -0.25) is 18.8 Å². The van der Waals surface area contributed by atoms with Gasteiger partial charge in [-0.2, -0.15) is 5.10 Å². The van der Waals surface area contributed by atoms with Crippen LogP contribution in [-0.4, -0.2) is 42.9 Å². The van der Waals surface area contributed by atoms with E-state index in [1.165, 1.54) is 16.9 Å². The number of hydrogen-bond acceptors (Lipinski definition) is 6. The molecule has 3 N–H and O–H groups in total. The lowest BCUT2D eigenvalue weighted by atomic mass is 10.1. The van der Waals surface area contributed by atoms with Gasteiger partial charge in [-0.15, -0.1) is 0 Å². The van der Waals surface area contributed by atoms with Crippen LogP contribution in [0.25, 0.3) is 11.2 Å². The molecule has 5 rings (SSSR count). The fourth-order valence-corrected chi connectivity index (χ4v) is 3.92. The lowest BCUT2D eigenvalue weighted by Gasteiger charge is -2.11. The summed E-state index contributed by atoms with van der Waals surface area (Å²) in [5, 5.41) is 9.92. The summed E-state index contributed by atoms with van der Waals surface area (Å²) in [6, 6.07) is 8.58. The van der Waals surface area contributed by atoms with Crippen LogP contribution in [0.2, 0.25) is 0 Å². The maximum atomic E-state index is 13.0. The summed E-state index contributed by atoms with van der Waals surface area (Å²) in [6.07, 6.45) is 6.25. The molecule has 2 amide bonds. The molecule has 0 saturated heterocycles. The number of rotatable bonds is 5. The van der Waals surface area contributed by atoms with E-state index in [4.69, 9.17) is 4.74 Å². The molecule has 0 aliphatic heterocycles. The highest BCUT2D eigenvalue weighted by molar-refractivity contribution is 6.10. The minimum atomic E-state index is -0.452. The Morgan fingerprint density at radius 3 is 2.66 bits per heavy atom. The number of anilines is 2. The van der Waals surface area contributed by atoms with E-state index in [0.29, 0.717) is 34.2 Å². The number of aromatic amines is 1. The second kappa shape index (κ2) is 8.45. The molecule has 0 aliphatic rings. The molecule has 0 saturated carbocycles. The number of fused-ring (bicyclic) bond motifs is 2. The zero-order valence-electron chi connectivity index (χ0n) is 19.1. The SMILES string of the molecule is COc1ccn2c(C(=O)Nc3ccc(NC(=O)c4c(C)nn5cc[nH]c(=O)c45)cc3C)cnc2c1. The van der Waals surface area contributed by atoms with Crippen LogP contribution in [0.3, 0.4) is 0 Å². The minimum absolute atomic E-state index is 0.175. The number of aryl methyl sites for hydroxylation is 2. The van der Waals surface area contributed by atoms with Crippen molar-refractivity contribution in [2.45, 2.75) is 13.8 Å². The van der Waals surface area contributed by atoms with Gasteiger partial charge in [0, 0.05) is 36.0 Å². The number of aromatic nitrogens is 5. The molecule has 0 bridgehead atoms. The molecule has 0 aliphatic carbocycles. The lowest BCUT2D eigenvalue weighted by Crippen LogP contribution is -2.18. The predicted octanol–water partition coefficient (Wildman–Crippen LogP) is 2.80. The van der Waals surface area contributed by atoms with Crippen LogP contribution < -0.4 is 20.9 Å². The Hall–Kier alpha value is -4.93. The van der Waals surface area contributed by atoms with Crippen molar-refractivity contribution >= 4 is 34.4 Å². The number of carbonyl (C=O) groups is 2. The molecule has 4 aromatic heterocycles. The van der Waals surface area contributed by atoms with Crippen molar-refractivity contribution in [3.8, 4) is 5.75 Å². The van der Waals surface area contributed by atoms with Gasteiger partial charge in [0.1, 0.15) is 22.6 Å². The first-order chi connectivity index (χ1) is 16.9. The Morgan fingerprint density at radius 1 is 1.06 bits per heavy atom. The van der Waals surface area contributed by atoms with Crippen molar-refractivity contribution in [3.63, 3.8) is 0 Å². The molecule has 0 atom stereocenters. The number of ether oxygens (including phenoxy) is 1. The van der Waals surface area contributed by atoms with Gasteiger partial charge in [-0.1, -0.05) is 0 Å². The van der Waals surface area contributed by atoms with E-state index in [1.54, 1.807) is 61.2 Å². The van der Waals surface area contributed by atoms with Gasteiger partial charge < -0.3 is 20.4 Å². The van der Waals surface area contributed by atoms with Crippen LogP contribution in [0.5, 0.6) is 5.75 Å². The Labute approximate surface area is 198 Å². The quantitative estimate of drug-likeness (QED) is 0.361. The number of nitrogens with one attached hydrogen (secondary N) is 3. The number of hydrogen-bond donors (Lipinski definition) is 3. The molecule has 11 heteroatoms. The number of imidazole rings is 1. The molecule has 1 aromatic carbocycles. The Balaban J connectivity index is 1.36. The predicted molar refractivity (Wildman–Crippen MR) is 129 cm³/mol. The third kappa shape index (κ3) is 3.88. The third-order valence-corrected chi connectivity index (χ3v) is 5.64. The molecule has 0 fully saturated rings. The smallest absolute Gasteiger partial charge is 0.274 e. The average molecular weight is 471 g/mol. The number of methoxy groups -OCH3 is 1. The highest BCUT2D eigenvalue weighted by Crippen LogP contribution is 2.23. The normalized spacial score (nSPS) is 11.1. The van der Waals surface area contributed by atoms with E-state index in [2.05, 4.69) is 25.7 Å². The van der Waals surface area contributed by atoms with Crippen LogP contribution in [-0.2, 0) is 0 Å². The molecule has 0 radical (unpaired) electrons. The highest BCUT2D eigenvalue weighted by atomic mass is 16.5. The molecular weight excluding hydrogens is 450 g/mol. The molecule has 35 heavy (non-hydrogen) atoms. The van der Waals surface area contributed by atoms with E-state index >= 15 is 0 Å². The number of carbonyl (C=O) groups excluding carboxylic acids is 2. The van der Waals surface area contributed by atoms with E-state index < -0.39 is 11.5 Å². The second-order valence-electron chi connectivity index (χ2n) is 7.92. The molecule has 176 valence electrons. The van der Waals surface area contributed by atoms with Gasteiger partial charge >= 0.3 is 0 Å². The van der Waals surface area contributed by atoms with E-state index in [0.717, 1.165) is 5.56 Å². The number of H-pyrrole nitrogens is 1. The summed E-state index contributed by atoms with van der Waals surface area (Å²) in [5.41, 5.74) is 3.20. The second-order valence-corrected chi connectivity index (χ2v) is 7.92. The number of amides is 2. The minimum Gasteiger partial charge on any atom is -0.497 e. The molecule has 0 unspecified atom stereocenters. The fourth-order valence-electron chi connectivity index (χ4n) is 3.92. The van der Waals surface area contributed by atoms with Crippen LogP contribution >= 0.6 is 0 Å². The summed E-state index contributed by atoms with van der Waals surface area (Å²) >= 11 is 0. The standard InChI is InChI=1S/C24H21N7O4/c1-13-10-15(27-23(33)20-14(2)29-31-9-7-25-24(34)21(20)31)4-5-17(13)28-22(32)18-12-26-19-11-16(35-3)6-8-30(18)19/h4-12H,1-3H3,(H,25,34)(H,27,33)(H,28,32). The zero-order valence-corrected chi connectivity index (χ0v) is 19.1. The van der Waals surface area contributed by atoms with Crippen molar-refractivity contribution < 1.29 is 14.3 Å². The van der Waals surface area contributed by atoms with Gasteiger partial charge in [-0.05, 0) is 43.7 Å². The van der Waals surface area contributed by atoms with Gasteiger partial charge in [-0.25, -0.2) is 9.50 Å². The molecule has 4 heterocycles. The van der Waals surface area contributed by atoms with Gasteiger partial charge in [0.05, 0.1) is 24.6 Å². The maximum absolute atomic E-state index is 13.0. The van der Waals surface area contributed by atoms with Crippen LogP contribution in [0, 0.1) is 13.8 Å². The van der Waals surface area contributed by atoms with Crippen molar-refractivity contribution in [3.05, 3.63) is 88.0 Å². The molecule has 11 nitrogen and oxygen atoms in total. The number of pyridine rings is 1. The van der Waals surface area contributed by atoms with Gasteiger partial charge in [0.25, 0.3) is 17.4 Å². The van der Waals surface area contributed by atoms with E-state index in [-0.39, 0.29) is 17.0 Å². The first kappa shape index (κ1) is 21.9. The fraction of sp³-hybridized carbons (Fsp3) is 0.125. The van der Waals surface area contributed by atoms with Gasteiger partial charge in [0.2, 0.25) is 0 Å². The monoisotopic (exact) mass is 471 g/mol. The van der Waals surface area contributed by atoms with Crippen LogP contribution in [0.1, 0.15) is 32.1 Å². The Kier molecular flexibility index (Phi) is 5.28. The summed E-state index contributed by atoms with van der Waals surface area (Å²) < 4.78 is 8.24. The zero-order chi connectivity index (χ0) is 24.7. The topological polar surface area (TPSA) is 135 Å². The van der Waals surface area contributed by atoms with Crippen molar-refractivity contribution in [2.24, 2.45) is 0 Å². The van der Waals surface area contributed by atoms with E-state index in [1.807, 2.05) is 6.92 Å². The van der Waals surface area contributed by atoms with Crippen molar-refractivity contribution in [1.29, 1.82) is 0 Å². The van der Waals surface area contributed by atoms with Gasteiger partial charge in [0.15, 0.2) is 0 Å². The highest BCUT2D eigenvalue weighted by Gasteiger charge is 2.20. The van der Waals surface area contributed by atoms with E-state index in [9.17, 15) is 14.4 Å². The van der Waals surface area contributed by atoms with Crippen molar-refractivity contribution in [2.75, 3.05) is 17.7 Å². The first-order valence-corrected chi connectivity index (χ1v) is 10.7. The number of nitrogens with zero attached hydrogens (tertiary/aromatic N) is 4. The average Bonchev–Trinajstić information content (AvgIpc) is 3.41. The summed E-state index contributed by atoms with van der Waals surface area (Å²) in [6.45, 7) is 3.48. The van der Waals surface area contributed by atoms with Crippen molar-refractivity contribution in [1.82, 2.24) is 24.0 Å². The third-order valence-electron chi connectivity index (χ3n) is 5.64. The number of benzene rings is 1. The summed E-state index contributed by atoms with van der Waals surface area (Å²) in [5.74, 6) is -0.136. The Bertz CT molecular complexity index is 1680. The summed E-state index contributed by atoms with van der Waals surface area (Å²) in [4.78, 5) is 44.9. The largest absolute Gasteiger partial charge is 0.497 e. The Morgan fingerprint density at radius 2 is 1.89 bits per heavy atom. The van der Waals surface area contributed by atoms with Crippen LogP contribution in [0.4, 0.5) is 11.4 Å². The summed E-state index contributed by atoms with van der Waals surface area (Å²) in [7, 11) is 1.57. The molecule has 5 aromatic rings. The molecule has 0 spiro atoms. The lowest BCUT2D eigenvalue weighted by molar-refractivity contribution is 0.101. The first-order valence-electron chi connectivity index (χ1n) is 10.7. The maximum Gasteiger partial charge on any atom is 0.274 e. The van der Waals surface area contributed by atoms with Crippen LogP contribution in [0.15, 0.2) is 59.9 Å². The molecular formula is C24H21N7O4.